The molecule has 1 N–H and O–H groups in total. The number of nitrogens with zero attached hydrogens (tertiary/aromatic N) is 1. The molecule has 2 aromatic carbocycles. The molecule has 0 bridgehead atoms. The lowest BCUT2D eigenvalue weighted by atomic mass is 10.1. The molecule has 4 nitrogen and oxygen atoms in total. The molecule has 3 rings (SSSR count). The number of sulfonamides is 1. The van der Waals surface area contributed by atoms with Crippen LogP contribution in [-0.2, 0) is 16.4 Å². The summed E-state index contributed by atoms with van der Waals surface area (Å²) < 4.78 is 41.6. The third-order valence-electron chi connectivity index (χ3n) is 4.41. The highest BCUT2D eigenvalue weighted by Crippen LogP contribution is 2.38. The number of rotatable bonds is 6. The van der Waals surface area contributed by atoms with Gasteiger partial charge in [0.15, 0.2) is 0 Å². The van der Waals surface area contributed by atoms with Gasteiger partial charge in [0, 0.05) is 13.2 Å². The lowest BCUT2D eigenvalue weighted by Gasteiger charge is -2.29. The number of benzene rings is 2. The monoisotopic (exact) mass is 349 g/mol. The lowest BCUT2D eigenvalue weighted by Crippen LogP contribution is -2.35. The second-order valence-electron chi connectivity index (χ2n) is 5.88. The lowest BCUT2D eigenvalue weighted by molar-refractivity contribution is 0.249. The Labute approximate surface area is 141 Å². The van der Waals surface area contributed by atoms with E-state index in [1.165, 1.54) is 22.5 Å². The first-order chi connectivity index (χ1) is 11.6. The number of fused-ring (bicyclic) bond motifs is 1. The van der Waals surface area contributed by atoms with Gasteiger partial charge in [0.05, 0.1) is 6.04 Å². The molecule has 24 heavy (non-hydrogen) atoms. The normalized spacial score (nSPS) is 17.2. The minimum absolute atomic E-state index is 0.113. The van der Waals surface area contributed by atoms with Gasteiger partial charge in [0.1, 0.15) is 10.7 Å². The summed E-state index contributed by atoms with van der Waals surface area (Å²) in [6.07, 6.45) is 1.77. The maximum Gasteiger partial charge on any atom is 0.246 e. The summed E-state index contributed by atoms with van der Waals surface area (Å²) in [6, 6.07) is 12.8. The number of aliphatic hydroxyl groups is 1. The van der Waals surface area contributed by atoms with E-state index in [1.807, 2.05) is 24.3 Å². The molecule has 0 saturated carbocycles. The van der Waals surface area contributed by atoms with Crippen LogP contribution in [0.1, 0.15) is 30.0 Å². The highest BCUT2D eigenvalue weighted by Gasteiger charge is 2.36. The Hall–Kier alpha value is -1.76. The van der Waals surface area contributed by atoms with Gasteiger partial charge in [0.2, 0.25) is 10.0 Å². The molecule has 128 valence electrons. The number of halogens is 1. The first kappa shape index (κ1) is 17.1. The van der Waals surface area contributed by atoms with Crippen LogP contribution >= 0.6 is 0 Å². The SMILES string of the molecule is O=S(=O)(c1ccccc1F)N(CCCO)C1CCc2ccccc21. The van der Waals surface area contributed by atoms with Crippen LogP contribution in [0.2, 0.25) is 0 Å². The first-order valence-electron chi connectivity index (χ1n) is 8.00. The van der Waals surface area contributed by atoms with Crippen LogP contribution in [0.5, 0.6) is 0 Å². The molecule has 0 aliphatic heterocycles. The summed E-state index contributed by atoms with van der Waals surface area (Å²) in [5.41, 5.74) is 2.09. The summed E-state index contributed by atoms with van der Waals surface area (Å²) in [6.45, 7) is 0.0455. The van der Waals surface area contributed by atoms with Crippen molar-refractivity contribution in [3.05, 3.63) is 65.5 Å². The van der Waals surface area contributed by atoms with Gasteiger partial charge in [-0.25, -0.2) is 12.8 Å². The molecule has 0 spiro atoms. The number of aryl methyl sites for hydroxylation is 1. The van der Waals surface area contributed by atoms with E-state index in [9.17, 15) is 12.8 Å². The van der Waals surface area contributed by atoms with Crippen molar-refractivity contribution in [3.63, 3.8) is 0 Å². The summed E-state index contributed by atoms with van der Waals surface area (Å²) in [5.74, 6) is -0.752. The average molecular weight is 349 g/mol. The number of hydrogen-bond donors (Lipinski definition) is 1. The van der Waals surface area contributed by atoms with Crippen LogP contribution in [0.4, 0.5) is 4.39 Å². The topological polar surface area (TPSA) is 57.6 Å². The largest absolute Gasteiger partial charge is 0.396 e. The maximum absolute atomic E-state index is 14.1. The maximum atomic E-state index is 14.1. The van der Waals surface area contributed by atoms with Crippen molar-refractivity contribution >= 4 is 10.0 Å². The Bertz CT molecular complexity index is 823. The van der Waals surface area contributed by atoms with Gasteiger partial charge in [0.25, 0.3) is 0 Å². The Morgan fingerprint density at radius 2 is 1.83 bits per heavy atom. The van der Waals surface area contributed by atoms with E-state index in [2.05, 4.69) is 0 Å². The zero-order valence-corrected chi connectivity index (χ0v) is 14.0. The highest BCUT2D eigenvalue weighted by atomic mass is 32.2. The van der Waals surface area contributed by atoms with Crippen molar-refractivity contribution in [2.75, 3.05) is 13.2 Å². The molecule has 1 aliphatic rings. The van der Waals surface area contributed by atoms with Crippen LogP contribution in [0.25, 0.3) is 0 Å². The van der Waals surface area contributed by atoms with E-state index in [1.54, 1.807) is 0 Å². The van der Waals surface area contributed by atoms with Crippen molar-refractivity contribution in [3.8, 4) is 0 Å². The van der Waals surface area contributed by atoms with Gasteiger partial charge >= 0.3 is 0 Å². The molecule has 0 saturated heterocycles. The fourth-order valence-corrected chi connectivity index (χ4v) is 5.03. The van der Waals surface area contributed by atoms with Crippen molar-refractivity contribution in [2.24, 2.45) is 0 Å². The summed E-state index contributed by atoms with van der Waals surface area (Å²) >= 11 is 0. The zero-order chi connectivity index (χ0) is 17.2. The van der Waals surface area contributed by atoms with E-state index in [4.69, 9.17) is 5.11 Å². The molecular formula is C18H20FNO3S. The van der Waals surface area contributed by atoms with Crippen LogP contribution in [0, 0.1) is 5.82 Å². The third-order valence-corrected chi connectivity index (χ3v) is 6.35. The summed E-state index contributed by atoms with van der Waals surface area (Å²) in [4.78, 5) is -0.313. The van der Waals surface area contributed by atoms with Gasteiger partial charge in [-0.05, 0) is 42.5 Å². The smallest absolute Gasteiger partial charge is 0.246 e. The minimum atomic E-state index is -3.98. The van der Waals surface area contributed by atoms with Crippen LogP contribution in [0.15, 0.2) is 53.4 Å². The highest BCUT2D eigenvalue weighted by molar-refractivity contribution is 7.89. The van der Waals surface area contributed by atoms with E-state index in [0.29, 0.717) is 12.8 Å². The Kier molecular flexibility index (Phi) is 4.99. The first-order valence-corrected chi connectivity index (χ1v) is 9.44. The second-order valence-corrected chi connectivity index (χ2v) is 7.74. The molecular weight excluding hydrogens is 329 g/mol. The van der Waals surface area contributed by atoms with E-state index >= 15 is 0 Å². The average Bonchev–Trinajstić information content (AvgIpc) is 2.99. The molecule has 1 unspecified atom stereocenters. The third kappa shape index (κ3) is 3.09. The zero-order valence-electron chi connectivity index (χ0n) is 13.2. The van der Waals surface area contributed by atoms with Crippen molar-refractivity contribution in [1.29, 1.82) is 0 Å². The predicted molar refractivity (Wildman–Crippen MR) is 89.5 cm³/mol. The van der Waals surface area contributed by atoms with Gasteiger partial charge in [-0.1, -0.05) is 36.4 Å². The van der Waals surface area contributed by atoms with E-state index in [0.717, 1.165) is 23.6 Å². The molecule has 2 aromatic rings. The molecule has 0 aromatic heterocycles. The van der Waals surface area contributed by atoms with Crippen LogP contribution in [0.3, 0.4) is 0 Å². The minimum Gasteiger partial charge on any atom is -0.396 e. The molecule has 1 atom stereocenters. The van der Waals surface area contributed by atoms with Crippen LogP contribution in [-0.4, -0.2) is 31.0 Å². The molecule has 0 fully saturated rings. The quantitative estimate of drug-likeness (QED) is 0.872. The fraction of sp³-hybridized carbons (Fsp3) is 0.333. The molecule has 0 amide bonds. The predicted octanol–water partition coefficient (Wildman–Crippen LogP) is 2.89. The molecule has 6 heteroatoms. The Morgan fingerprint density at radius 3 is 2.58 bits per heavy atom. The van der Waals surface area contributed by atoms with Gasteiger partial charge in [-0.3, -0.25) is 0 Å². The van der Waals surface area contributed by atoms with Crippen molar-refractivity contribution < 1.29 is 17.9 Å². The summed E-state index contributed by atoms with van der Waals surface area (Å²) in [7, 11) is -3.98. The van der Waals surface area contributed by atoms with Crippen molar-refractivity contribution in [2.45, 2.75) is 30.2 Å². The van der Waals surface area contributed by atoms with Gasteiger partial charge in [-0.15, -0.1) is 0 Å². The Morgan fingerprint density at radius 1 is 1.12 bits per heavy atom. The second kappa shape index (κ2) is 7.01. The van der Waals surface area contributed by atoms with Gasteiger partial charge < -0.3 is 5.11 Å². The molecule has 0 radical (unpaired) electrons. The standard InChI is InChI=1S/C18H20FNO3S/c19-16-8-3-4-9-18(16)24(22,23)20(12-5-13-21)17-11-10-14-6-1-2-7-15(14)17/h1-4,6-9,17,21H,5,10-13H2. The number of hydrogen-bond acceptors (Lipinski definition) is 3. The molecule has 1 aliphatic carbocycles. The Balaban J connectivity index is 2.03. The fourth-order valence-electron chi connectivity index (χ4n) is 3.28. The van der Waals surface area contributed by atoms with Crippen molar-refractivity contribution in [1.82, 2.24) is 4.31 Å². The van der Waals surface area contributed by atoms with E-state index < -0.39 is 15.8 Å². The summed E-state index contributed by atoms with van der Waals surface area (Å²) in [5, 5.41) is 9.15. The van der Waals surface area contributed by atoms with E-state index in [-0.39, 0.29) is 24.1 Å². The van der Waals surface area contributed by atoms with Crippen LogP contribution < -0.4 is 0 Å². The molecule has 0 heterocycles. The van der Waals surface area contributed by atoms with Gasteiger partial charge in [-0.2, -0.15) is 4.31 Å². The number of aliphatic hydroxyl groups excluding tert-OH is 1.